The molecule has 0 fully saturated rings. The minimum Gasteiger partial charge on any atom is -0.444 e. The summed E-state index contributed by atoms with van der Waals surface area (Å²) in [5.74, 6) is 0. The van der Waals surface area contributed by atoms with E-state index in [-0.39, 0.29) is 0 Å². The molecule has 0 unspecified atom stereocenters. The molecule has 0 saturated heterocycles. The lowest BCUT2D eigenvalue weighted by Crippen LogP contribution is -2.32. The molecule has 0 atom stereocenters. The Morgan fingerprint density at radius 1 is 1.48 bits per heavy atom. The van der Waals surface area contributed by atoms with E-state index in [2.05, 4.69) is 31.7 Å². The first-order chi connectivity index (χ1) is 9.94. The fraction of sp³-hybridized carbons (Fsp3) is 0.467. The second-order valence-electron chi connectivity index (χ2n) is 5.82. The Labute approximate surface area is 129 Å². The molecule has 0 aliphatic heterocycles. The van der Waals surface area contributed by atoms with Crippen LogP contribution in [0.15, 0.2) is 29.4 Å². The number of ether oxygens (including phenoxy) is 1. The molecule has 1 N–H and O–H groups in total. The van der Waals surface area contributed by atoms with Gasteiger partial charge in [-0.15, -0.1) is 0 Å². The molecule has 0 spiro atoms. The van der Waals surface area contributed by atoms with Gasteiger partial charge in [0.15, 0.2) is 0 Å². The summed E-state index contributed by atoms with van der Waals surface area (Å²) in [7, 11) is 0. The molecule has 6 heteroatoms. The largest absolute Gasteiger partial charge is 0.444 e. The third kappa shape index (κ3) is 5.23. The van der Waals surface area contributed by atoms with Crippen molar-refractivity contribution in [1.82, 2.24) is 14.9 Å². The van der Waals surface area contributed by atoms with Crippen LogP contribution in [0.1, 0.15) is 32.0 Å². The molecule has 2 aromatic rings. The van der Waals surface area contributed by atoms with E-state index in [1.54, 1.807) is 23.9 Å². The number of carbonyl (C=O) groups excluding carboxylic acids is 1. The quantitative estimate of drug-likeness (QED) is 0.923. The summed E-state index contributed by atoms with van der Waals surface area (Å²) in [5.41, 5.74) is 1.80. The van der Waals surface area contributed by atoms with Crippen LogP contribution in [0.4, 0.5) is 4.79 Å². The number of alkyl carbamates (subject to hydrolysis) is 1. The lowest BCUT2D eigenvalue weighted by Gasteiger charge is -2.19. The van der Waals surface area contributed by atoms with E-state index >= 15 is 0 Å². The summed E-state index contributed by atoms with van der Waals surface area (Å²) in [6, 6.07) is 2.13. The van der Waals surface area contributed by atoms with E-state index < -0.39 is 11.7 Å². The summed E-state index contributed by atoms with van der Waals surface area (Å²) in [6.45, 7) is 6.80. The Morgan fingerprint density at radius 3 is 2.95 bits per heavy atom. The zero-order valence-electron chi connectivity index (χ0n) is 12.6. The zero-order valence-corrected chi connectivity index (χ0v) is 13.4. The number of rotatable bonds is 5. The first kappa shape index (κ1) is 15.6. The SMILES string of the molecule is CC(C)(C)OC(=O)NCc1cncn1CCc1ccsc1. The van der Waals surface area contributed by atoms with Gasteiger partial charge in [0, 0.05) is 12.7 Å². The number of amides is 1. The molecular weight excluding hydrogens is 286 g/mol. The van der Waals surface area contributed by atoms with Crippen LogP contribution >= 0.6 is 11.3 Å². The molecule has 0 aliphatic carbocycles. The van der Waals surface area contributed by atoms with Gasteiger partial charge >= 0.3 is 6.09 Å². The van der Waals surface area contributed by atoms with E-state index in [0.29, 0.717) is 6.54 Å². The van der Waals surface area contributed by atoms with Crippen molar-refractivity contribution in [2.45, 2.75) is 45.9 Å². The molecule has 2 heterocycles. The minimum atomic E-state index is -0.483. The highest BCUT2D eigenvalue weighted by molar-refractivity contribution is 7.07. The lowest BCUT2D eigenvalue weighted by atomic mass is 10.2. The monoisotopic (exact) mass is 307 g/mol. The molecule has 1 amide bonds. The van der Waals surface area contributed by atoms with Gasteiger partial charge in [-0.1, -0.05) is 0 Å². The van der Waals surface area contributed by atoms with Crippen LogP contribution in [-0.2, 0) is 24.2 Å². The van der Waals surface area contributed by atoms with Crippen molar-refractivity contribution < 1.29 is 9.53 Å². The van der Waals surface area contributed by atoms with Crippen molar-refractivity contribution in [1.29, 1.82) is 0 Å². The Hall–Kier alpha value is -1.82. The maximum absolute atomic E-state index is 11.6. The maximum atomic E-state index is 11.6. The van der Waals surface area contributed by atoms with E-state index in [1.165, 1.54) is 5.56 Å². The van der Waals surface area contributed by atoms with Crippen molar-refractivity contribution in [3.63, 3.8) is 0 Å². The van der Waals surface area contributed by atoms with Crippen LogP contribution in [0.3, 0.4) is 0 Å². The van der Waals surface area contributed by atoms with Gasteiger partial charge in [0.2, 0.25) is 0 Å². The predicted octanol–water partition coefficient (Wildman–Crippen LogP) is 3.21. The Balaban J connectivity index is 1.84. The fourth-order valence-corrected chi connectivity index (χ4v) is 2.56. The first-order valence-electron chi connectivity index (χ1n) is 6.91. The summed E-state index contributed by atoms with van der Waals surface area (Å²) >= 11 is 1.70. The first-order valence-corrected chi connectivity index (χ1v) is 7.85. The number of carbonyl (C=O) groups is 1. The average molecular weight is 307 g/mol. The fourth-order valence-electron chi connectivity index (χ4n) is 1.86. The molecule has 0 bridgehead atoms. The van der Waals surface area contributed by atoms with Crippen molar-refractivity contribution in [2.24, 2.45) is 0 Å². The third-order valence-electron chi connectivity index (χ3n) is 2.83. The number of imidazole rings is 1. The van der Waals surface area contributed by atoms with Gasteiger partial charge in [0.25, 0.3) is 0 Å². The van der Waals surface area contributed by atoms with Crippen molar-refractivity contribution in [3.05, 3.63) is 40.6 Å². The van der Waals surface area contributed by atoms with Crippen molar-refractivity contribution >= 4 is 17.4 Å². The van der Waals surface area contributed by atoms with Crippen LogP contribution in [-0.4, -0.2) is 21.2 Å². The van der Waals surface area contributed by atoms with E-state index in [9.17, 15) is 4.79 Å². The maximum Gasteiger partial charge on any atom is 0.407 e. The van der Waals surface area contributed by atoms with Gasteiger partial charge in [-0.2, -0.15) is 11.3 Å². The molecular formula is C15H21N3O2S. The van der Waals surface area contributed by atoms with Crippen LogP contribution in [0, 0.1) is 0 Å². The summed E-state index contributed by atoms with van der Waals surface area (Å²) in [4.78, 5) is 15.8. The van der Waals surface area contributed by atoms with E-state index in [1.807, 2.05) is 20.8 Å². The van der Waals surface area contributed by atoms with Crippen LogP contribution in [0.25, 0.3) is 0 Å². The standard InChI is InChI=1S/C15H21N3O2S/c1-15(2,3)20-14(19)17-9-13-8-16-11-18(13)6-4-12-5-7-21-10-12/h5,7-8,10-11H,4,6,9H2,1-3H3,(H,17,19). The predicted molar refractivity (Wildman–Crippen MR) is 83.3 cm³/mol. The number of nitrogens with one attached hydrogen (secondary N) is 1. The molecule has 21 heavy (non-hydrogen) atoms. The molecule has 0 saturated carbocycles. The summed E-state index contributed by atoms with van der Waals surface area (Å²) < 4.78 is 7.27. The van der Waals surface area contributed by atoms with Gasteiger partial charge in [-0.25, -0.2) is 9.78 Å². The summed E-state index contributed by atoms with van der Waals surface area (Å²) in [6.07, 6.45) is 4.11. The highest BCUT2D eigenvalue weighted by atomic mass is 32.1. The van der Waals surface area contributed by atoms with Gasteiger partial charge in [-0.3, -0.25) is 0 Å². The van der Waals surface area contributed by atoms with Gasteiger partial charge in [0.1, 0.15) is 5.60 Å². The molecule has 2 rings (SSSR count). The molecule has 0 aliphatic rings. The van der Waals surface area contributed by atoms with E-state index in [0.717, 1.165) is 18.7 Å². The van der Waals surface area contributed by atoms with Crippen molar-refractivity contribution in [3.8, 4) is 0 Å². The number of aryl methyl sites for hydroxylation is 2. The Morgan fingerprint density at radius 2 is 2.29 bits per heavy atom. The number of hydrogen-bond donors (Lipinski definition) is 1. The normalized spacial score (nSPS) is 11.4. The van der Waals surface area contributed by atoms with Gasteiger partial charge in [0.05, 0.1) is 18.6 Å². The topological polar surface area (TPSA) is 56.1 Å². The molecule has 114 valence electrons. The smallest absolute Gasteiger partial charge is 0.407 e. The zero-order chi connectivity index (χ0) is 15.3. The highest BCUT2D eigenvalue weighted by Gasteiger charge is 2.16. The molecule has 0 radical (unpaired) electrons. The average Bonchev–Trinajstić information content (AvgIpc) is 3.03. The lowest BCUT2D eigenvalue weighted by molar-refractivity contribution is 0.0522. The second-order valence-corrected chi connectivity index (χ2v) is 6.60. The van der Waals surface area contributed by atoms with Gasteiger partial charge in [-0.05, 0) is 49.6 Å². The Kier molecular flexibility index (Phi) is 5.01. The number of nitrogens with zero attached hydrogens (tertiary/aromatic N) is 2. The van der Waals surface area contributed by atoms with Crippen LogP contribution in [0.2, 0.25) is 0 Å². The van der Waals surface area contributed by atoms with Gasteiger partial charge < -0.3 is 14.6 Å². The molecule has 0 aromatic carbocycles. The third-order valence-corrected chi connectivity index (χ3v) is 3.56. The number of thiophene rings is 1. The van der Waals surface area contributed by atoms with E-state index in [4.69, 9.17) is 4.74 Å². The number of hydrogen-bond acceptors (Lipinski definition) is 4. The summed E-state index contributed by atoms with van der Waals surface area (Å²) in [5, 5.41) is 6.98. The van der Waals surface area contributed by atoms with Crippen molar-refractivity contribution in [2.75, 3.05) is 0 Å². The Bertz CT molecular complexity index is 570. The highest BCUT2D eigenvalue weighted by Crippen LogP contribution is 2.10. The second kappa shape index (κ2) is 6.76. The van der Waals surface area contributed by atoms with Crippen LogP contribution < -0.4 is 5.32 Å². The number of aromatic nitrogens is 2. The minimum absolute atomic E-state index is 0.409. The van der Waals surface area contributed by atoms with Crippen LogP contribution in [0.5, 0.6) is 0 Å². The molecule has 5 nitrogen and oxygen atoms in total. The molecule has 2 aromatic heterocycles.